The van der Waals surface area contributed by atoms with Crippen molar-refractivity contribution in [2.75, 3.05) is 5.32 Å². The van der Waals surface area contributed by atoms with Gasteiger partial charge in [0.25, 0.3) is 0 Å². The molecule has 0 aliphatic carbocycles. The second-order valence-corrected chi connectivity index (χ2v) is 3.56. The van der Waals surface area contributed by atoms with Crippen molar-refractivity contribution in [2.24, 2.45) is 0 Å². The summed E-state index contributed by atoms with van der Waals surface area (Å²) in [5, 5.41) is 11.2. The molecule has 0 atom stereocenters. The first-order valence-corrected chi connectivity index (χ1v) is 5.02. The molecule has 0 unspecified atom stereocenters. The van der Waals surface area contributed by atoms with E-state index >= 15 is 0 Å². The third-order valence-corrected chi connectivity index (χ3v) is 2.30. The summed E-state index contributed by atoms with van der Waals surface area (Å²) in [6, 6.07) is 8.48. The summed E-state index contributed by atoms with van der Waals surface area (Å²) in [5.74, 6) is -2.17. The van der Waals surface area contributed by atoms with Gasteiger partial charge in [-0.1, -0.05) is 0 Å². The van der Waals surface area contributed by atoms with Crippen molar-refractivity contribution < 1.29 is 13.2 Å². The van der Waals surface area contributed by atoms with Gasteiger partial charge in [0, 0.05) is 11.8 Å². The predicted molar refractivity (Wildman–Crippen MR) is 60.8 cm³/mol. The summed E-state index contributed by atoms with van der Waals surface area (Å²) < 4.78 is 39.3. The fourth-order valence-corrected chi connectivity index (χ4v) is 1.43. The van der Waals surface area contributed by atoms with Gasteiger partial charge < -0.3 is 5.32 Å². The average molecular weight is 248 g/mol. The van der Waals surface area contributed by atoms with Gasteiger partial charge in [-0.3, -0.25) is 0 Å². The first kappa shape index (κ1) is 12.0. The van der Waals surface area contributed by atoms with E-state index in [9.17, 15) is 13.2 Å². The molecule has 0 saturated carbocycles. The maximum atomic E-state index is 13.3. The quantitative estimate of drug-likeness (QED) is 0.879. The van der Waals surface area contributed by atoms with Crippen molar-refractivity contribution in [1.82, 2.24) is 0 Å². The van der Waals surface area contributed by atoms with Crippen molar-refractivity contribution in [3.8, 4) is 6.07 Å². The molecule has 0 radical (unpaired) electrons. The highest BCUT2D eigenvalue weighted by Gasteiger charge is 2.06. The number of nitriles is 1. The first-order chi connectivity index (χ1) is 8.60. The summed E-state index contributed by atoms with van der Waals surface area (Å²) in [7, 11) is 0. The highest BCUT2D eigenvalue weighted by atomic mass is 19.1. The van der Waals surface area contributed by atoms with Crippen LogP contribution in [-0.4, -0.2) is 0 Å². The van der Waals surface area contributed by atoms with Gasteiger partial charge in [0.1, 0.15) is 23.5 Å². The third-order valence-electron chi connectivity index (χ3n) is 2.30. The van der Waals surface area contributed by atoms with Crippen molar-refractivity contribution in [2.45, 2.75) is 0 Å². The molecule has 2 aromatic carbocycles. The van der Waals surface area contributed by atoms with E-state index in [4.69, 9.17) is 5.26 Å². The molecule has 2 rings (SSSR count). The van der Waals surface area contributed by atoms with Gasteiger partial charge in [-0.25, -0.2) is 13.2 Å². The number of benzene rings is 2. The summed E-state index contributed by atoms with van der Waals surface area (Å²) >= 11 is 0. The van der Waals surface area contributed by atoms with Gasteiger partial charge in [-0.2, -0.15) is 5.26 Å². The van der Waals surface area contributed by atoms with Crippen molar-refractivity contribution >= 4 is 11.4 Å². The Labute approximate surface area is 101 Å². The maximum Gasteiger partial charge on any atom is 0.149 e. The molecule has 18 heavy (non-hydrogen) atoms. The minimum atomic E-state index is -0.778. The van der Waals surface area contributed by atoms with Crippen LogP contribution in [0.25, 0.3) is 0 Å². The minimum Gasteiger partial charge on any atom is -0.353 e. The average Bonchev–Trinajstić information content (AvgIpc) is 2.33. The molecule has 0 aliphatic rings. The van der Waals surface area contributed by atoms with E-state index in [1.54, 1.807) is 6.07 Å². The molecular formula is C13H7F3N2. The molecule has 0 aliphatic heterocycles. The van der Waals surface area contributed by atoms with Gasteiger partial charge in [-0.15, -0.1) is 0 Å². The number of hydrogen-bond acceptors (Lipinski definition) is 2. The van der Waals surface area contributed by atoms with E-state index < -0.39 is 17.5 Å². The molecule has 0 spiro atoms. The lowest BCUT2D eigenvalue weighted by Crippen LogP contribution is -1.96. The third kappa shape index (κ3) is 2.43. The van der Waals surface area contributed by atoms with Crippen LogP contribution in [0.5, 0.6) is 0 Å². The number of halogens is 3. The molecule has 2 aromatic rings. The van der Waals surface area contributed by atoms with Crippen LogP contribution in [0.4, 0.5) is 24.5 Å². The molecule has 1 N–H and O–H groups in total. The lowest BCUT2D eigenvalue weighted by molar-refractivity contribution is 0.586. The zero-order valence-electron chi connectivity index (χ0n) is 9.05. The number of hydrogen-bond donors (Lipinski definition) is 1. The van der Waals surface area contributed by atoms with E-state index in [1.807, 2.05) is 0 Å². The largest absolute Gasteiger partial charge is 0.353 e. The smallest absolute Gasteiger partial charge is 0.149 e. The lowest BCUT2D eigenvalue weighted by Gasteiger charge is -2.08. The minimum absolute atomic E-state index is 0.0282. The van der Waals surface area contributed by atoms with Crippen molar-refractivity contribution in [3.05, 3.63) is 59.4 Å². The van der Waals surface area contributed by atoms with Crippen LogP contribution in [0.2, 0.25) is 0 Å². The van der Waals surface area contributed by atoms with Crippen molar-refractivity contribution in [1.29, 1.82) is 5.26 Å². The molecule has 0 bridgehead atoms. The van der Waals surface area contributed by atoms with E-state index in [0.29, 0.717) is 0 Å². The van der Waals surface area contributed by atoms with E-state index in [-0.39, 0.29) is 16.9 Å². The zero-order valence-corrected chi connectivity index (χ0v) is 9.05. The number of nitrogens with one attached hydrogen (secondary N) is 1. The fourth-order valence-electron chi connectivity index (χ4n) is 1.43. The molecule has 90 valence electrons. The van der Waals surface area contributed by atoms with Gasteiger partial charge in [0.05, 0.1) is 11.3 Å². The SMILES string of the molecule is N#Cc1ccc(Nc2ccc(F)cc2F)cc1F. The molecule has 0 fully saturated rings. The van der Waals surface area contributed by atoms with E-state index in [1.165, 1.54) is 18.2 Å². The predicted octanol–water partition coefficient (Wildman–Crippen LogP) is 3.72. The molecule has 2 nitrogen and oxygen atoms in total. The van der Waals surface area contributed by atoms with Crippen molar-refractivity contribution in [3.63, 3.8) is 0 Å². The Kier molecular flexibility index (Phi) is 3.20. The van der Waals surface area contributed by atoms with Crippen LogP contribution >= 0.6 is 0 Å². The zero-order chi connectivity index (χ0) is 13.1. The van der Waals surface area contributed by atoms with Gasteiger partial charge in [0.2, 0.25) is 0 Å². The number of rotatable bonds is 2. The molecular weight excluding hydrogens is 241 g/mol. The molecule has 0 amide bonds. The van der Waals surface area contributed by atoms with Crippen LogP contribution in [-0.2, 0) is 0 Å². The Balaban J connectivity index is 2.29. The highest BCUT2D eigenvalue weighted by molar-refractivity contribution is 5.61. The Morgan fingerprint density at radius 3 is 2.33 bits per heavy atom. The second-order valence-electron chi connectivity index (χ2n) is 3.56. The van der Waals surface area contributed by atoms with Crippen LogP contribution in [0.15, 0.2) is 36.4 Å². The van der Waals surface area contributed by atoms with Gasteiger partial charge in [0.15, 0.2) is 0 Å². The summed E-state index contributed by atoms with van der Waals surface area (Å²) in [5.41, 5.74) is 0.206. The summed E-state index contributed by atoms with van der Waals surface area (Å²) in [6.07, 6.45) is 0. The lowest BCUT2D eigenvalue weighted by atomic mass is 10.2. The van der Waals surface area contributed by atoms with E-state index in [0.717, 1.165) is 18.2 Å². The standard InChI is InChI=1S/C13H7F3N2/c14-9-2-4-13(12(16)5-9)18-10-3-1-8(7-17)11(15)6-10/h1-6,18H. The highest BCUT2D eigenvalue weighted by Crippen LogP contribution is 2.22. The fraction of sp³-hybridized carbons (Fsp3) is 0. The molecule has 0 saturated heterocycles. The topological polar surface area (TPSA) is 35.8 Å². The molecule has 0 aromatic heterocycles. The number of anilines is 2. The van der Waals surface area contributed by atoms with Crippen LogP contribution in [0.3, 0.4) is 0 Å². The monoisotopic (exact) mass is 248 g/mol. The molecule has 0 heterocycles. The first-order valence-electron chi connectivity index (χ1n) is 5.02. The Bertz CT molecular complexity index is 633. The number of nitrogens with zero attached hydrogens (tertiary/aromatic N) is 1. The Morgan fingerprint density at radius 2 is 1.72 bits per heavy atom. The normalized spacial score (nSPS) is 9.89. The van der Waals surface area contributed by atoms with Gasteiger partial charge in [-0.05, 0) is 30.3 Å². The van der Waals surface area contributed by atoms with Gasteiger partial charge >= 0.3 is 0 Å². The van der Waals surface area contributed by atoms with Crippen LogP contribution < -0.4 is 5.32 Å². The molecule has 5 heteroatoms. The second kappa shape index (κ2) is 4.80. The van der Waals surface area contributed by atoms with Crippen LogP contribution in [0.1, 0.15) is 5.56 Å². The Hall–Kier alpha value is -2.48. The maximum absolute atomic E-state index is 13.3. The van der Waals surface area contributed by atoms with Crippen LogP contribution in [0, 0.1) is 28.8 Å². The Morgan fingerprint density at radius 1 is 0.944 bits per heavy atom. The van der Waals surface area contributed by atoms with E-state index in [2.05, 4.69) is 5.32 Å². The summed E-state index contributed by atoms with van der Waals surface area (Å²) in [6.45, 7) is 0. The summed E-state index contributed by atoms with van der Waals surface area (Å²) in [4.78, 5) is 0.